The molecule has 0 unspecified atom stereocenters. The quantitative estimate of drug-likeness (QED) is 0.853. The van der Waals surface area contributed by atoms with Crippen LogP contribution < -0.4 is 5.32 Å². The van der Waals surface area contributed by atoms with E-state index in [1.165, 1.54) is 11.3 Å². The maximum Gasteiger partial charge on any atom is 0.265 e. The molecule has 92 valence electrons. The zero-order valence-electron chi connectivity index (χ0n) is 9.97. The van der Waals surface area contributed by atoms with Crippen molar-refractivity contribution in [3.63, 3.8) is 0 Å². The lowest BCUT2D eigenvalue weighted by molar-refractivity contribution is 0.0987. The van der Waals surface area contributed by atoms with Crippen LogP contribution in [0.15, 0.2) is 41.8 Å². The molecule has 18 heavy (non-hydrogen) atoms. The zero-order chi connectivity index (χ0) is 13.0. The topological polar surface area (TPSA) is 46.2 Å². The summed E-state index contributed by atoms with van der Waals surface area (Å²) in [6.45, 7) is 1.83. The molecule has 4 heteroatoms. The SMILES string of the molecule is CCC(=O)c1ccc(NC(=O)c2cccs2)cc1. The van der Waals surface area contributed by atoms with Crippen LogP contribution in [0.3, 0.4) is 0 Å². The fourth-order valence-corrected chi connectivity index (χ4v) is 2.16. The molecule has 0 aliphatic carbocycles. The van der Waals surface area contributed by atoms with Crippen molar-refractivity contribution >= 4 is 28.7 Å². The Kier molecular flexibility index (Phi) is 3.89. The predicted molar refractivity (Wildman–Crippen MR) is 73.3 cm³/mol. The Morgan fingerprint density at radius 3 is 2.44 bits per heavy atom. The molecule has 0 spiro atoms. The molecule has 0 aliphatic heterocycles. The number of ketones is 1. The van der Waals surface area contributed by atoms with Crippen LogP contribution in [0.25, 0.3) is 0 Å². The smallest absolute Gasteiger partial charge is 0.265 e. The number of hydrogen-bond acceptors (Lipinski definition) is 3. The van der Waals surface area contributed by atoms with Crippen molar-refractivity contribution in [2.75, 3.05) is 5.32 Å². The number of rotatable bonds is 4. The summed E-state index contributed by atoms with van der Waals surface area (Å²) in [6, 6.07) is 10.6. The van der Waals surface area contributed by atoms with Gasteiger partial charge in [0.2, 0.25) is 0 Å². The van der Waals surface area contributed by atoms with Gasteiger partial charge in [-0.05, 0) is 35.7 Å². The Balaban J connectivity index is 2.07. The zero-order valence-corrected chi connectivity index (χ0v) is 10.8. The van der Waals surface area contributed by atoms with Crippen molar-refractivity contribution in [1.29, 1.82) is 0 Å². The molecule has 1 N–H and O–H groups in total. The molecule has 0 atom stereocenters. The average molecular weight is 259 g/mol. The fourth-order valence-electron chi connectivity index (χ4n) is 1.54. The van der Waals surface area contributed by atoms with Gasteiger partial charge in [0.05, 0.1) is 4.88 Å². The van der Waals surface area contributed by atoms with Crippen LogP contribution in [0.1, 0.15) is 33.4 Å². The van der Waals surface area contributed by atoms with Crippen LogP contribution in [0.5, 0.6) is 0 Å². The second-order valence-corrected chi connectivity index (χ2v) is 4.73. The highest BCUT2D eigenvalue weighted by Gasteiger charge is 2.07. The third-order valence-corrected chi connectivity index (χ3v) is 3.40. The molecule has 0 saturated carbocycles. The number of thiophene rings is 1. The summed E-state index contributed by atoms with van der Waals surface area (Å²) in [6.07, 6.45) is 0.487. The molecular weight excluding hydrogens is 246 g/mol. The van der Waals surface area contributed by atoms with E-state index in [4.69, 9.17) is 0 Å². The van der Waals surface area contributed by atoms with E-state index >= 15 is 0 Å². The van der Waals surface area contributed by atoms with Crippen molar-refractivity contribution in [2.24, 2.45) is 0 Å². The van der Waals surface area contributed by atoms with Gasteiger partial charge in [0.15, 0.2) is 5.78 Å². The van der Waals surface area contributed by atoms with Crippen LogP contribution in [-0.2, 0) is 0 Å². The molecular formula is C14H13NO2S. The molecule has 3 nitrogen and oxygen atoms in total. The van der Waals surface area contributed by atoms with Crippen LogP contribution >= 0.6 is 11.3 Å². The number of anilines is 1. The van der Waals surface area contributed by atoms with Crippen LogP contribution in [0, 0.1) is 0 Å². The van der Waals surface area contributed by atoms with Gasteiger partial charge in [-0.2, -0.15) is 0 Å². The van der Waals surface area contributed by atoms with Crippen molar-refractivity contribution < 1.29 is 9.59 Å². The first kappa shape index (κ1) is 12.5. The Hall–Kier alpha value is -1.94. The number of Topliss-reactive ketones (excluding diaryl/α,β-unsaturated/α-hetero) is 1. The normalized spacial score (nSPS) is 10.1. The molecule has 0 radical (unpaired) electrons. The lowest BCUT2D eigenvalue weighted by atomic mass is 10.1. The van der Waals surface area contributed by atoms with Gasteiger partial charge >= 0.3 is 0 Å². The largest absolute Gasteiger partial charge is 0.321 e. The fraction of sp³-hybridized carbons (Fsp3) is 0.143. The molecule has 0 aliphatic rings. The molecule has 0 bridgehead atoms. The van der Waals surface area contributed by atoms with Gasteiger partial charge in [-0.25, -0.2) is 0 Å². The molecule has 1 aromatic heterocycles. The molecule has 1 aromatic carbocycles. The number of benzene rings is 1. The van der Waals surface area contributed by atoms with Crippen LogP contribution in [0.4, 0.5) is 5.69 Å². The Morgan fingerprint density at radius 1 is 1.17 bits per heavy atom. The predicted octanol–water partition coefficient (Wildman–Crippen LogP) is 3.59. The third kappa shape index (κ3) is 2.84. The number of carbonyl (C=O) groups excluding carboxylic acids is 2. The standard InChI is InChI=1S/C14H13NO2S/c1-2-12(16)10-5-7-11(8-6-10)15-14(17)13-4-3-9-18-13/h3-9H,2H2,1H3,(H,15,17). The van der Waals surface area contributed by atoms with Gasteiger partial charge in [0.25, 0.3) is 5.91 Å². The van der Waals surface area contributed by atoms with Crippen molar-refractivity contribution in [2.45, 2.75) is 13.3 Å². The summed E-state index contributed by atoms with van der Waals surface area (Å²) in [5.74, 6) is -0.0225. The maximum absolute atomic E-state index is 11.8. The highest BCUT2D eigenvalue weighted by atomic mass is 32.1. The summed E-state index contributed by atoms with van der Waals surface area (Å²) in [5.41, 5.74) is 1.37. The Labute approximate surface area is 109 Å². The average Bonchev–Trinajstić information content (AvgIpc) is 2.92. The van der Waals surface area contributed by atoms with Crippen molar-refractivity contribution in [3.8, 4) is 0 Å². The lowest BCUT2D eigenvalue weighted by Gasteiger charge is -2.04. The lowest BCUT2D eigenvalue weighted by Crippen LogP contribution is -2.10. The van der Waals surface area contributed by atoms with Gasteiger partial charge in [0.1, 0.15) is 0 Å². The van der Waals surface area contributed by atoms with E-state index in [2.05, 4.69) is 5.32 Å². The second kappa shape index (κ2) is 5.60. The Bertz CT molecular complexity index is 544. The molecule has 1 amide bonds. The highest BCUT2D eigenvalue weighted by Crippen LogP contribution is 2.14. The maximum atomic E-state index is 11.8. The van der Waals surface area contributed by atoms with E-state index in [0.29, 0.717) is 22.5 Å². The monoisotopic (exact) mass is 259 g/mol. The van der Waals surface area contributed by atoms with Gasteiger partial charge in [-0.1, -0.05) is 13.0 Å². The van der Waals surface area contributed by atoms with E-state index in [1.807, 2.05) is 18.4 Å². The van der Waals surface area contributed by atoms with Crippen molar-refractivity contribution in [3.05, 3.63) is 52.2 Å². The number of amides is 1. The molecule has 2 rings (SSSR count). The molecule has 0 fully saturated rings. The van der Waals surface area contributed by atoms with E-state index in [9.17, 15) is 9.59 Å². The summed E-state index contributed by atoms with van der Waals surface area (Å²) >= 11 is 1.40. The summed E-state index contributed by atoms with van der Waals surface area (Å²) in [5, 5.41) is 4.65. The molecule has 2 aromatic rings. The van der Waals surface area contributed by atoms with Gasteiger partial charge < -0.3 is 5.32 Å². The minimum atomic E-state index is -0.125. The van der Waals surface area contributed by atoms with E-state index in [0.717, 1.165) is 0 Å². The van der Waals surface area contributed by atoms with Gasteiger partial charge in [-0.15, -0.1) is 11.3 Å². The first-order valence-electron chi connectivity index (χ1n) is 5.69. The van der Waals surface area contributed by atoms with Crippen molar-refractivity contribution in [1.82, 2.24) is 0 Å². The number of carbonyl (C=O) groups is 2. The first-order chi connectivity index (χ1) is 8.70. The van der Waals surface area contributed by atoms with Crippen LogP contribution in [0.2, 0.25) is 0 Å². The minimum Gasteiger partial charge on any atom is -0.321 e. The first-order valence-corrected chi connectivity index (χ1v) is 6.57. The second-order valence-electron chi connectivity index (χ2n) is 3.79. The third-order valence-electron chi connectivity index (χ3n) is 2.53. The molecule has 0 saturated heterocycles. The summed E-state index contributed by atoms with van der Waals surface area (Å²) < 4.78 is 0. The van der Waals surface area contributed by atoms with Gasteiger partial charge in [-0.3, -0.25) is 9.59 Å². The summed E-state index contributed by atoms with van der Waals surface area (Å²) in [4.78, 5) is 23.9. The van der Waals surface area contributed by atoms with Gasteiger partial charge in [0, 0.05) is 17.7 Å². The van der Waals surface area contributed by atoms with E-state index in [1.54, 1.807) is 30.3 Å². The van der Waals surface area contributed by atoms with Crippen LogP contribution in [-0.4, -0.2) is 11.7 Å². The van der Waals surface area contributed by atoms with E-state index < -0.39 is 0 Å². The highest BCUT2D eigenvalue weighted by molar-refractivity contribution is 7.12. The summed E-state index contributed by atoms with van der Waals surface area (Å²) in [7, 11) is 0. The molecule has 1 heterocycles. The Morgan fingerprint density at radius 2 is 1.89 bits per heavy atom. The number of hydrogen-bond donors (Lipinski definition) is 1. The number of nitrogens with one attached hydrogen (secondary N) is 1. The minimum absolute atomic E-state index is 0.103. The van der Waals surface area contributed by atoms with E-state index in [-0.39, 0.29) is 11.7 Å².